The Morgan fingerprint density at radius 2 is 1.86 bits per heavy atom. The standard InChI is InChI=1S/C17H23NO4/c1-13-2-4-14(5-3-13)6-7-15(19)18-17(12-16(20)21)8-10-22-11-9-17/h2-5H,6-12H2,1H3,(H,18,19)(H,20,21). The van der Waals surface area contributed by atoms with Crippen LogP contribution in [0.3, 0.4) is 0 Å². The summed E-state index contributed by atoms with van der Waals surface area (Å²) in [5.74, 6) is -0.982. The second-order valence-corrected chi connectivity index (χ2v) is 6.00. The molecule has 0 aliphatic carbocycles. The number of ether oxygens (including phenoxy) is 1. The molecule has 1 heterocycles. The number of nitrogens with one attached hydrogen (secondary N) is 1. The summed E-state index contributed by atoms with van der Waals surface area (Å²) >= 11 is 0. The lowest BCUT2D eigenvalue weighted by Crippen LogP contribution is -2.53. The van der Waals surface area contributed by atoms with Gasteiger partial charge < -0.3 is 15.2 Å². The van der Waals surface area contributed by atoms with E-state index in [1.807, 2.05) is 31.2 Å². The fraction of sp³-hybridized carbons (Fsp3) is 0.529. The van der Waals surface area contributed by atoms with Crippen molar-refractivity contribution in [3.8, 4) is 0 Å². The minimum Gasteiger partial charge on any atom is -0.481 e. The van der Waals surface area contributed by atoms with Gasteiger partial charge in [-0.2, -0.15) is 0 Å². The summed E-state index contributed by atoms with van der Waals surface area (Å²) in [6.45, 7) is 3.01. The van der Waals surface area contributed by atoms with Crippen molar-refractivity contribution in [1.82, 2.24) is 5.32 Å². The summed E-state index contributed by atoms with van der Waals surface area (Å²) in [4.78, 5) is 23.3. The number of benzene rings is 1. The normalized spacial score (nSPS) is 17.0. The number of rotatable bonds is 6. The zero-order chi connectivity index (χ0) is 16.0. The van der Waals surface area contributed by atoms with Gasteiger partial charge in [0.1, 0.15) is 0 Å². The summed E-state index contributed by atoms with van der Waals surface area (Å²) in [7, 11) is 0. The second-order valence-electron chi connectivity index (χ2n) is 6.00. The van der Waals surface area contributed by atoms with E-state index in [1.54, 1.807) is 0 Å². The molecule has 2 rings (SSSR count). The lowest BCUT2D eigenvalue weighted by Gasteiger charge is -2.36. The zero-order valence-electron chi connectivity index (χ0n) is 12.9. The molecule has 0 aromatic heterocycles. The Kier molecular flexibility index (Phi) is 5.55. The maximum absolute atomic E-state index is 12.2. The molecule has 5 nitrogen and oxygen atoms in total. The van der Waals surface area contributed by atoms with Gasteiger partial charge in [0, 0.05) is 19.6 Å². The van der Waals surface area contributed by atoms with Crippen LogP contribution in [0.4, 0.5) is 0 Å². The van der Waals surface area contributed by atoms with E-state index in [-0.39, 0.29) is 12.3 Å². The van der Waals surface area contributed by atoms with E-state index >= 15 is 0 Å². The molecule has 1 aromatic carbocycles. The van der Waals surface area contributed by atoms with Crippen molar-refractivity contribution in [2.45, 2.75) is 44.6 Å². The molecule has 1 saturated heterocycles. The van der Waals surface area contributed by atoms with Gasteiger partial charge in [-0.1, -0.05) is 29.8 Å². The molecule has 1 amide bonds. The van der Waals surface area contributed by atoms with Crippen LogP contribution in [0.25, 0.3) is 0 Å². The van der Waals surface area contributed by atoms with Crippen molar-refractivity contribution in [1.29, 1.82) is 0 Å². The van der Waals surface area contributed by atoms with Crippen LogP contribution in [0.15, 0.2) is 24.3 Å². The molecule has 0 spiro atoms. The van der Waals surface area contributed by atoms with Crippen molar-refractivity contribution in [3.05, 3.63) is 35.4 Å². The SMILES string of the molecule is Cc1ccc(CCC(=O)NC2(CC(=O)O)CCOCC2)cc1. The molecule has 0 bridgehead atoms. The number of carboxylic acid groups (broad SMARTS) is 1. The van der Waals surface area contributed by atoms with Crippen LogP contribution in [0.5, 0.6) is 0 Å². The topological polar surface area (TPSA) is 75.6 Å². The number of carboxylic acids is 1. The lowest BCUT2D eigenvalue weighted by atomic mass is 9.86. The molecule has 1 aliphatic rings. The van der Waals surface area contributed by atoms with Crippen molar-refractivity contribution in [2.24, 2.45) is 0 Å². The monoisotopic (exact) mass is 305 g/mol. The highest BCUT2D eigenvalue weighted by atomic mass is 16.5. The number of hydrogen-bond donors (Lipinski definition) is 2. The Hall–Kier alpha value is -1.88. The van der Waals surface area contributed by atoms with Crippen LogP contribution in [0.1, 0.15) is 36.8 Å². The van der Waals surface area contributed by atoms with Gasteiger partial charge in [-0.3, -0.25) is 9.59 Å². The van der Waals surface area contributed by atoms with Crippen LogP contribution in [-0.2, 0) is 20.7 Å². The molecule has 1 fully saturated rings. The van der Waals surface area contributed by atoms with Gasteiger partial charge >= 0.3 is 5.97 Å². The van der Waals surface area contributed by atoms with Crippen LogP contribution < -0.4 is 5.32 Å². The molecule has 0 unspecified atom stereocenters. The van der Waals surface area contributed by atoms with Crippen molar-refractivity contribution >= 4 is 11.9 Å². The Balaban J connectivity index is 1.90. The molecule has 2 N–H and O–H groups in total. The molecular weight excluding hydrogens is 282 g/mol. The second kappa shape index (κ2) is 7.40. The average Bonchev–Trinajstić information content (AvgIpc) is 2.46. The Morgan fingerprint density at radius 3 is 2.45 bits per heavy atom. The number of aliphatic carboxylic acids is 1. The largest absolute Gasteiger partial charge is 0.481 e. The molecule has 5 heteroatoms. The van der Waals surface area contributed by atoms with Gasteiger partial charge in [0.15, 0.2) is 0 Å². The Labute approximate surface area is 130 Å². The van der Waals surface area contributed by atoms with Crippen LogP contribution in [0, 0.1) is 6.92 Å². The number of amides is 1. The summed E-state index contributed by atoms with van der Waals surface area (Å²) in [6.07, 6.45) is 2.08. The fourth-order valence-electron chi connectivity index (χ4n) is 2.77. The van der Waals surface area contributed by atoms with Gasteiger partial charge in [0.05, 0.1) is 12.0 Å². The summed E-state index contributed by atoms with van der Waals surface area (Å²) in [5, 5.41) is 12.0. The van der Waals surface area contributed by atoms with E-state index in [0.29, 0.717) is 38.9 Å². The van der Waals surface area contributed by atoms with Gasteiger partial charge in [-0.25, -0.2) is 0 Å². The minimum atomic E-state index is -0.888. The molecule has 120 valence electrons. The maximum Gasteiger partial charge on any atom is 0.305 e. The highest BCUT2D eigenvalue weighted by Crippen LogP contribution is 2.25. The van der Waals surface area contributed by atoms with E-state index in [4.69, 9.17) is 9.84 Å². The third-order valence-corrected chi connectivity index (χ3v) is 4.11. The van der Waals surface area contributed by atoms with E-state index in [9.17, 15) is 9.59 Å². The van der Waals surface area contributed by atoms with Gasteiger partial charge in [-0.05, 0) is 31.7 Å². The average molecular weight is 305 g/mol. The molecule has 0 radical (unpaired) electrons. The van der Waals surface area contributed by atoms with Crippen LogP contribution >= 0.6 is 0 Å². The molecule has 0 saturated carbocycles. The van der Waals surface area contributed by atoms with E-state index in [2.05, 4.69) is 5.32 Å². The first-order valence-electron chi connectivity index (χ1n) is 7.65. The number of carbonyl (C=O) groups excluding carboxylic acids is 1. The van der Waals surface area contributed by atoms with E-state index < -0.39 is 11.5 Å². The van der Waals surface area contributed by atoms with E-state index in [0.717, 1.165) is 5.56 Å². The highest BCUT2D eigenvalue weighted by molar-refractivity contribution is 5.78. The Morgan fingerprint density at radius 1 is 1.23 bits per heavy atom. The smallest absolute Gasteiger partial charge is 0.305 e. The molecule has 1 aromatic rings. The van der Waals surface area contributed by atoms with Gasteiger partial charge in [-0.15, -0.1) is 0 Å². The first kappa shape index (κ1) is 16.5. The van der Waals surface area contributed by atoms with Gasteiger partial charge in [0.25, 0.3) is 0 Å². The third kappa shape index (κ3) is 4.84. The van der Waals surface area contributed by atoms with E-state index in [1.165, 1.54) is 5.56 Å². The number of carbonyl (C=O) groups is 2. The quantitative estimate of drug-likeness (QED) is 0.843. The molecule has 0 atom stereocenters. The fourth-order valence-corrected chi connectivity index (χ4v) is 2.77. The predicted octanol–water partition coefficient (Wildman–Crippen LogP) is 2.07. The van der Waals surface area contributed by atoms with Crippen LogP contribution in [-0.4, -0.2) is 35.7 Å². The summed E-state index contributed by atoms with van der Waals surface area (Å²) in [6, 6.07) is 8.09. The van der Waals surface area contributed by atoms with Crippen molar-refractivity contribution in [2.75, 3.05) is 13.2 Å². The summed E-state index contributed by atoms with van der Waals surface area (Å²) < 4.78 is 5.28. The first-order chi connectivity index (χ1) is 10.5. The Bertz CT molecular complexity index is 518. The maximum atomic E-state index is 12.2. The number of aryl methyl sites for hydroxylation is 2. The predicted molar refractivity (Wildman–Crippen MR) is 82.7 cm³/mol. The highest BCUT2D eigenvalue weighted by Gasteiger charge is 2.36. The van der Waals surface area contributed by atoms with Crippen LogP contribution in [0.2, 0.25) is 0 Å². The number of hydrogen-bond acceptors (Lipinski definition) is 3. The molecule has 1 aliphatic heterocycles. The third-order valence-electron chi connectivity index (χ3n) is 4.11. The zero-order valence-corrected chi connectivity index (χ0v) is 12.9. The first-order valence-corrected chi connectivity index (χ1v) is 7.65. The minimum absolute atomic E-state index is 0.0490. The summed E-state index contributed by atoms with van der Waals surface area (Å²) in [5.41, 5.74) is 1.64. The lowest BCUT2D eigenvalue weighted by molar-refractivity contribution is -0.140. The van der Waals surface area contributed by atoms with Crippen molar-refractivity contribution < 1.29 is 19.4 Å². The molecular formula is C17H23NO4. The van der Waals surface area contributed by atoms with Crippen molar-refractivity contribution in [3.63, 3.8) is 0 Å². The molecule has 22 heavy (non-hydrogen) atoms. The van der Waals surface area contributed by atoms with Gasteiger partial charge in [0.2, 0.25) is 5.91 Å².